The third kappa shape index (κ3) is 1.41. The Morgan fingerprint density at radius 2 is 2.33 bits per heavy atom. The SMILES string of the molecule is C=CC[C@]1(O)C(=O)Nc2cccc(Br)c21. The molecule has 78 valence electrons. The fourth-order valence-electron chi connectivity index (χ4n) is 1.79. The van der Waals surface area contributed by atoms with Gasteiger partial charge in [0.25, 0.3) is 5.91 Å². The molecule has 0 saturated heterocycles. The van der Waals surface area contributed by atoms with Crippen LogP contribution in [-0.4, -0.2) is 11.0 Å². The Morgan fingerprint density at radius 3 is 3.00 bits per heavy atom. The molecular weight excluding hydrogens is 258 g/mol. The van der Waals surface area contributed by atoms with Gasteiger partial charge in [0.2, 0.25) is 0 Å². The van der Waals surface area contributed by atoms with E-state index in [4.69, 9.17) is 0 Å². The van der Waals surface area contributed by atoms with E-state index in [0.29, 0.717) is 11.3 Å². The lowest BCUT2D eigenvalue weighted by Crippen LogP contribution is -2.33. The van der Waals surface area contributed by atoms with Crippen LogP contribution in [0.25, 0.3) is 0 Å². The number of nitrogens with one attached hydrogen (secondary N) is 1. The largest absolute Gasteiger partial charge is 0.375 e. The average Bonchev–Trinajstić information content (AvgIpc) is 2.41. The summed E-state index contributed by atoms with van der Waals surface area (Å²) in [5.41, 5.74) is -0.245. The quantitative estimate of drug-likeness (QED) is 0.807. The standard InChI is InChI=1S/C11H10BrNO2/c1-2-6-11(15)9-7(12)4-3-5-8(9)13-10(11)14/h2-5,15H,1,6H2,(H,13,14)/t11-/m1/s1. The molecule has 1 heterocycles. The Balaban J connectivity index is 2.62. The number of fused-ring (bicyclic) bond motifs is 1. The number of hydrogen-bond donors (Lipinski definition) is 2. The minimum atomic E-state index is -1.49. The highest BCUT2D eigenvalue weighted by atomic mass is 79.9. The summed E-state index contributed by atoms with van der Waals surface area (Å²) in [6, 6.07) is 5.37. The van der Waals surface area contributed by atoms with Gasteiger partial charge in [-0.2, -0.15) is 0 Å². The Labute approximate surface area is 95.9 Å². The monoisotopic (exact) mass is 267 g/mol. The summed E-state index contributed by atoms with van der Waals surface area (Å²) in [7, 11) is 0. The summed E-state index contributed by atoms with van der Waals surface area (Å²) in [5.74, 6) is -0.399. The van der Waals surface area contributed by atoms with Gasteiger partial charge in [-0.25, -0.2) is 0 Å². The molecule has 0 aliphatic carbocycles. The molecule has 2 N–H and O–H groups in total. The molecule has 2 rings (SSSR count). The Bertz CT molecular complexity index is 444. The van der Waals surface area contributed by atoms with Crippen LogP contribution in [0, 0.1) is 0 Å². The smallest absolute Gasteiger partial charge is 0.261 e. The van der Waals surface area contributed by atoms with E-state index >= 15 is 0 Å². The molecule has 0 radical (unpaired) electrons. The summed E-state index contributed by atoms with van der Waals surface area (Å²) < 4.78 is 0.725. The van der Waals surface area contributed by atoms with E-state index in [1.807, 2.05) is 6.07 Å². The molecule has 4 heteroatoms. The van der Waals surface area contributed by atoms with Gasteiger partial charge in [-0.3, -0.25) is 4.79 Å². The third-order valence-corrected chi connectivity index (χ3v) is 3.15. The Hall–Kier alpha value is -1.13. The predicted molar refractivity (Wildman–Crippen MR) is 61.5 cm³/mol. The molecule has 1 atom stereocenters. The molecule has 1 aliphatic rings. The summed E-state index contributed by atoms with van der Waals surface area (Å²) in [5, 5.41) is 12.9. The zero-order valence-corrected chi connectivity index (χ0v) is 9.54. The second kappa shape index (κ2) is 3.47. The second-order valence-electron chi connectivity index (χ2n) is 3.47. The second-order valence-corrected chi connectivity index (χ2v) is 4.32. The Morgan fingerprint density at radius 1 is 1.60 bits per heavy atom. The highest BCUT2D eigenvalue weighted by Gasteiger charge is 2.45. The lowest BCUT2D eigenvalue weighted by atomic mass is 9.92. The van der Waals surface area contributed by atoms with Crippen molar-refractivity contribution in [3.63, 3.8) is 0 Å². The number of carbonyl (C=O) groups excluding carboxylic acids is 1. The molecule has 0 aromatic heterocycles. The van der Waals surface area contributed by atoms with Crippen LogP contribution < -0.4 is 5.32 Å². The van der Waals surface area contributed by atoms with Gasteiger partial charge in [0.05, 0.1) is 0 Å². The summed E-state index contributed by atoms with van der Waals surface area (Å²) in [6.45, 7) is 3.55. The molecule has 0 saturated carbocycles. The van der Waals surface area contributed by atoms with Gasteiger partial charge in [-0.15, -0.1) is 6.58 Å². The van der Waals surface area contributed by atoms with E-state index < -0.39 is 11.5 Å². The van der Waals surface area contributed by atoms with E-state index in [0.717, 1.165) is 4.47 Å². The first-order chi connectivity index (χ1) is 7.09. The van der Waals surface area contributed by atoms with Crippen molar-refractivity contribution in [2.45, 2.75) is 12.0 Å². The van der Waals surface area contributed by atoms with E-state index in [1.54, 1.807) is 12.1 Å². The van der Waals surface area contributed by atoms with Crippen molar-refractivity contribution >= 4 is 27.5 Å². The molecule has 1 aromatic rings. The normalized spacial score (nSPS) is 23.5. The molecule has 15 heavy (non-hydrogen) atoms. The van der Waals surface area contributed by atoms with Crippen molar-refractivity contribution in [2.75, 3.05) is 5.32 Å². The first-order valence-electron chi connectivity index (χ1n) is 4.53. The number of halogens is 1. The molecule has 0 unspecified atom stereocenters. The first-order valence-corrected chi connectivity index (χ1v) is 5.32. The Kier molecular flexibility index (Phi) is 2.40. The number of carbonyl (C=O) groups is 1. The van der Waals surface area contributed by atoms with Crippen LogP contribution in [0.3, 0.4) is 0 Å². The van der Waals surface area contributed by atoms with Gasteiger partial charge >= 0.3 is 0 Å². The van der Waals surface area contributed by atoms with Gasteiger partial charge in [0, 0.05) is 22.1 Å². The van der Waals surface area contributed by atoms with Crippen molar-refractivity contribution in [2.24, 2.45) is 0 Å². The molecule has 0 bridgehead atoms. The highest BCUT2D eigenvalue weighted by Crippen LogP contribution is 2.42. The average molecular weight is 268 g/mol. The molecule has 1 aromatic carbocycles. The predicted octanol–water partition coefficient (Wildman–Crippen LogP) is 2.16. The summed E-state index contributed by atoms with van der Waals surface area (Å²) >= 11 is 3.33. The van der Waals surface area contributed by atoms with Crippen LogP contribution in [0.15, 0.2) is 35.3 Å². The van der Waals surface area contributed by atoms with Crippen LogP contribution >= 0.6 is 15.9 Å². The first kappa shape index (κ1) is 10.4. The van der Waals surface area contributed by atoms with E-state index in [1.165, 1.54) is 6.08 Å². The lowest BCUT2D eigenvalue weighted by molar-refractivity contribution is -0.133. The molecule has 0 fully saturated rings. The number of anilines is 1. The van der Waals surface area contributed by atoms with Crippen LogP contribution in [0.1, 0.15) is 12.0 Å². The molecule has 1 amide bonds. The van der Waals surface area contributed by atoms with Gasteiger partial charge in [-0.05, 0) is 12.1 Å². The van der Waals surface area contributed by atoms with Crippen molar-refractivity contribution in [1.29, 1.82) is 0 Å². The van der Waals surface area contributed by atoms with E-state index in [9.17, 15) is 9.90 Å². The maximum Gasteiger partial charge on any atom is 0.261 e. The van der Waals surface area contributed by atoms with Crippen molar-refractivity contribution < 1.29 is 9.90 Å². The topological polar surface area (TPSA) is 49.3 Å². The zero-order valence-electron chi connectivity index (χ0n) is 7.96. The summed E-state index contributed by atoms with van der Waals surface area (Å²) in [6.07, 6.45) is 1.74. The number of amides is 1. The maximum atomic E-state index is 11.7. The van der Waals surface area contributed by atoms with Crippen LogP contribution in [0.5, 0.6) is 0 Å². The van der Waals surface area contributed by atoms with E-state index in [2.05, 4.69) is 27.8 Å². The number of benzene rings is 1. The molecular formula is C11H10BrNO2. The summed E-state index contributed by atoms with van der Waals surface area (Å²) in [4.78, 5) is 11.7. The van der Waals surface area contributed by atoms with E-state index in [-0.39, 0.29) is 6.42 Å². The molecule has 3 nitrogen and oxygen atoms in total. The van der Waals surface area contributed by atoms with Crippen molar-refractivity contribution in [3.8, 4) is 0 Å². The van der Waals surface area contributed by atoms with Gasteiger partial charge in [0.1, 0.15) is 0 Å². The van der Waals surface area contributed by atoms with Crippen LogP contribution in [0.4, 0.5) is 5.69 Å². The zero-order chi connectivity index (χ0) is 11.1. The maximum absolute atomic E-state index is 11.7. The fourth-order valence-corrected chi connectivity index (χ4v) is 2.49. The molecule has 1 aliphatic heterocycles. The number of hydrogen-bond acceptors (Lipinski definition) is 2. The van der Waals surface area contributed by atoms with Gasteiger partial charge in [0.15, 0.2) is 5.60 Å². The lowest BCUT2D eigenvalue weighted by Gasteiger charge is -2.19. The van der Waals surface area contributed by atoms with Crippen molar-refractivity contribution in [1.82, 2.24) is 0 Å². The third-order valence-electron chi connectivity index (χ3n) is 2.49. The van der Waals surface area contributed by atoms with Gasteiger partial charge in [-0.1, -0.05) is 28.1 Å². The minimum Gasteiger partial charge on any atom is -0.375 e. The highest BCUT2D eigenvalue weighted by molar-refractivity contribution is 9.10. The van der Waals surface area contributed by atoms with Crippen LogP contribution in [0.2, 0.25) is 0 Å². The fraction of sp³-hybridized carbons (Fsp3) is 0.182. The van der Waals surface area contributed by atoms with Crippen LogP contribution in [-0.2, 0) is 10.4 Å². The van der Waals surface area contributed by atoms with Crippen molar-refractivity contribution in [3.05, 3.63) is 40.9 Å². The van der Waals surface area contributed by atoms with Gasteiger partial charge < -0.3 is 10.4 Å². The minimum absolute atomic E-state index is 0.203. The number of aliphatic hydroxyl groups is 1. The molecule has 0 spiro atoms. The number of rotatable bonds is 2.